The third-order valence-electron chi connectivity index (χ3n) is 2.56. The molecule has 2 aromatic rings. The third kappa shape index (κ3) is 3.09. The highest BCUT2D eigenvalue weighted by atomic mass is 32.2. The fourth-order valence-corrected chi connectivity index (χ4v) is 2.29. The SMILES string of the molecule is CS(=O)(=O)CCC(N)c1nc2[nH]c(=O)[nH]c(=O)c2[nH]1. The summed E-state index contributed by atoms with van der Waals surface area (Å²) < 4.78 is 22.1. The molecule has 104 valence electrons. The molecule has 0 saturated carbocycles. The van der Waals surface area contributed by atoms with E-state index < -0.39 is 27.1 Å². The van der Waals surface area contributed by atoms with E-state index in [0.717, 1.165) is 6.26 Å². The lowest BCUT2D eigenvalue weighted by molar-refractivity contribution is 0.588. The normalized spacial score (nSPS) is 13.8. The van der Waals surface area contributed by atoms with Crippen molar-refractivity contribution in [3.8, 4) is 0 Å². The van der Waals surface area contributed by atoms with Crippen LogP contribution in [0.15, 0.2) is 9.59 Å². The summed E-state index contributed by atoms with van der Waals surface area (Å²) in [4.78, 5) is 33.6. The summed E-state index contributed by atoms with van der Waals surface area (Å²) in [6.07, 6.45) is 1.28. The predicted molar refractivity (Wildman–Crippen MR) is 68.6 cm³/mol. The van der Waals surface area contributed by atoms with Gasteiger partial charge in [-0.25, -0.2) is 18.2 Å². The van der Waals surface area contributed by atoms with Crippen LogP contribution in [0, 0.1) is 0 Å². The summed E-state index contributed by atoms with van der Waals surface area (Å²) in [5, 5.41) is 0. The van der Waals surface area contributed by atoms with Crippen LogP contribution in [0.5, 0.6) is 0 Å². The largest absolute Gasteiger partial charge is 0.335 e. The van der Waals surface area contributed by atoms with Crippen molar-refractivity contribution in [2.24, 2.45) is 5.73 Å². The lowest BCUT2D eigenvalue weighted by Crippen LogP contribution is -2.21. The second-order valence-corrected chi connectivity index (χ2v) is 6.54. The number of fused-ring (bicyclic) bond motifs is 1. The fourth-order valence-electron chi connectivity index (χ4n) is 1.60. The number of aromatic nitrogens is 4. The molecule has 1 atom stereocenters. The average molecular weight is 287 g/mol. The van der Waals surface area contributed by atoms with Crippen molar-refractivity contribution in [3.05, 3.63) is 26.7 Å². The Balaban J connectivity index is 2.33. The molecule has 0 aliphatic heterocycles. The Morgan fingerprint density at radius 1 is 1.26 bits per heavy atom. The van der Waals surface area contributed by atoms with Gasteiger partial charge in [0.05, 0.1) is 11.8 Å². The van der Waals surface area contributed by atoms with E-state index in [4.69, 9.17) is 5.73 Å². The van der Waals surface area contributed by atoms with Crippen LogP contribution in [0.1, 0.15) is 18.3 Å². The molecule has 2 aromatic heterocycles. The van der Waals surface area contributed by atoms with Crippen molar-refractivity contribution in [2.45, 2.75) is 12.5 Å². The Morgan fingerprint density at radius 3 is 2.58 bits per heavy atom. The maximum Gasteiger partial charge on any atom is 0.327 e. The Kier molecular flexibility index (Phi) is 3.28. The van der Waals surface area contributed by atoms with Gasteiger partial charge in [0.15, 0.2) is 5.65 Å². The first-order chi connectivity index (χ1) is 8.76. The highest BCUT2D eigenvalue weighted by molar-refractivity contribution is 7.90. The molecule has 10 heteroatoms. The van der Waals surface area contributed by atoms with E-state index in [1.54, 1.807) is 0 Å². The van der Waals surface area contributed by atoms with Crippen molar-refractivity contribution in [1.82, 2.24) is 19.9 Å². The number of aromatic amines is 3. The molecule has 2 rings (SSSR count). The van der Waals surface area contributed by atoms with Crippen LogP contribution in [0.2, 0.25) is 0 Å². The molecule has 0 radical (unpaired) electrons. The summed E-state index contributed by atoms with van der Waals surface area (Å²) >= 11 is 0. The number of rotatable bonds is 4. The minimum absolute atomic E-state index is 0.0852. The lowest BCUT2D eigenvalue weighted by atomic mass is 10.2. The average Bonchev–Trinajstić information content (AvgIpc) is 2.68. The molecule has 0 spiro atoms. The van der Waals surface area contributed by atoms with Crippen molar-refractivity contribution in [1.29, 1.82) is 0 Å². The first-order valence-corrected chi connectivity index (χ1v) is 7.48. The molecular weight excluding hydrogens is 274 g/mol. The zero-order valence-electron chi connectivity index (χ0n) is 10.1. The summed E-state index contributed by atoms with van der Waals surface area (Å²) in [5.74, 6) is 0.170. The second kappa shape index (κ2) is 4.63. The molecule has 19 heavy (non-hydrogen) atoms. The fraction of sp³-hybridized carbons (Fsp3) is 0.444. The van der Waals surface area contributed by atoms with Gasteiger partial charge >= 0.3 is 5.69 Å². The van der Waals surface area contributed by atoms with E-state index >= 15 is 0 Å². The number of hydrogen-bond acceptors (Lipinski definition) is 6. The first-order valence-electron chi connectivity index (χ1n) is 5.42. The summed E-state index contributed by atoms with van der Waals surface area (Å²) in [6, 6.07) is -0.662. The van der Waals surface area contributed by atoms with Gasteiger partial charge in [-0.3, -0.25) is 14.8 Å². The van der Waals surface area contributed by atoms with E-state index in [2.05, 4.69) is 15.0 Å². The molecule has 0 aliphatic carbocycles. The smallest absolute Gasteiger partial charge is 0.327 e. The minimum Gasteiger partial charge on any atom is -0.335 e. The highest BCUT2D eigenvalue weighted by Crippen LogP contribution is 2.13. The van der Waals surface area contributed by atoms with E-state index in [9.17, 15) is 18.0 Å². The number of nitrogens with one attached hydrogen (secondary N) is 3. The summed E-state index contributed by atoms with van der Waals surface area (Å²) in [7, 11) is -3.12. The van der Waals surface area contributed by atoms with Crippen LogP contribution >= 0.6 is 0 Å². The van der Waals surface area contributed by atoms with Crippen molar-refractivity contribution in [2.75, 3.05) is 12.0 Å². The van der Waals surface area contributed by atoms with E-state index in [-0.39, 0.29) is 29.2 Å². The number of sulfone groups is 1. The van der Waals surface area contributed by atoms with Crippen LogP contribution in [-0.4, -0.2) is 40.4 Å². The first kappa shape index (κ1) is 13.5. The van der Waals surface area contributed by atoms with Crippen LogP contribution in [0.25, 0.3) is 11.2 Å². The molecule has 0 fully saturated rings. The van der Waals surface area contributed by atoms with E-state index in [1.165, 1.54) is 0 Å². The molecule has 5 N–H and O–H groups in total. The van der Waals surface area contributed by atoms with Gasteiger partial charge in [0.25, 0.3) is 5.56 Å². The van der Waals surface area contributed by atoms with Gasteiger partial charge in [0, 0.05) is 6.26 Å². The Labute approximate surface area is 107 Å². The third-order valence-corrected chi connectivity index (χ3v) is 3.54. The maximum atomic E-state index is 11.5. The summed E-state index contributed by atoms with van der Waals surface area (Å²) in [6.45, 7) is 0. The molecule has 0 bridgehead atoms. The van der Waals surface area contributed by atoms with Crippen molar-refractivity contribution < 1.29 is 8.42 Å². The van der Waals surface area contributed by atoms with Crippen LogP contribution in [0.4, 0.5) is 0 Å². The van der Waals surface area contributed by atoms with Gasteiger partial charge < -0.3 is 10.7 Å². The molecule has 0 amide bonds. The topological polar surface area (TPSA) is 155 Å². The van der Waals surface area contributed by atoms with Gasteiger partial charge in [-0.05, 0) is 6.42 Å². The number of imidazole rings is 1. The van der Waals surface area contributed by atoms with E-state index in [0.29, 0.717) is 0 Å². The molecule has 0 saturated heterocycles. The predicted octanol–water partition coefficient (Wildman–Crippen LogP) is -1.63. The van der Waals surface area contributed by atoms with Crippen LogP contribution in [-0.2, 0) is 9.84 Å². The van der Waals surface area contributed by atoms with Gasteiger partial charge in [-0.1, -0.05) is 0 Å². The second-order valence-electron chi connectivity index (χ2n) is 4.28. The molecule has 0 aliphatic rings. The molecule has 2 heterocycles. The van der Waals surface area contributed by atoms with Gasteiger partial charge in [-0.2, -0.15) is 0 Å². The van der Waals surface area contributed by atoms with E-state index in [1.807, 2.05) is 4.98 Å². The molecular formula is C9H13N5O4S. The summed E-state index contributed by atoms with van der Waals surface area (Å²) in [5.41, 5.74) is 4.72. The van der Waals surface area contributed by atoms with Gasteiger partial charge in [0.2, 0.25) is 0 Å². The zero-order valence-corrected chi connectivity index (χ0v) is 10.9. The Bertz CT molecular complexity index is 815. The zero-order chi connectivity index (χ0) is 14.2. The van der Waals surface area contributed by atoms with Gasteiger partial charge in [0.1, 0.15) is 21.2 Å². The number of nitrogens with two attached hydrogens (primary N) is 1. The number of nitrogens with zero attached hydrogens (tertiary/aromatic N) is 1. The molecule has 1 unspecified atom stereocenters. The number of H-pyrrole nitrogens is 3. The quantitative estimate of drug-likeness (QED) is 0.529. The van der Waals surface area contributed by atoms with Crippen molar-refractivity contribution in [3.63, 3.8) is 0 Å². The maximum absolute atomic E-state index is 11.5. The molecule has 9 nitrogen and oxygen atoms in total. The van der Waals surface area contributed by atoms with Crippen LogP contribution < -0.4 is 17.0 Å². The highest BCUT2D eigenvalue weighted by Gasteiger charge is 2.15. The van der Waals surface area contributed by atoms with Crippen molar-refractivity contribution >= 4 is 21.0 Å². The number of hydrogen-bond donors (Lipinski definition) is 4. The monoisotopic (exact) mass is 287 g/mol. The Hall–Kier alpha value is -1.94. The lowest BCUT2D eigenvalue weighted by Gasteiger charge is -2.06. The van der Waals surface area contributed by atoms with Gasteiger partial charge in [-0.15, -0.1) is 0 Å². The standard InChI is InChI=1S/C9H13N5O4S/c1-19(17,18)3-2-4(10)6-11-5-7(12-6)13-9(16)14-8(5)15/h4H,2-3,10H2,1H3,(H3,11,12,13,14,15,16). The Morgan fingerprint density at radius 2 is 1.95 bits per heavy atom. The minimum atomic E-state index is -3.12. The van der Waals surface area contributed by atoms with Crippen LogP contribution in [0.3, 0.4) is 0 Å². The molecule has 0 aromatic carbocycles.